The number of rotatable bonds is 2. The van der Waals surface area contributed by atoms with E-state index in [1.54, 1.807) is 6.21 Å². The second kappa shape index (κ2) is 6.21. The Morgan fingerprint density at radius 2 is 2.17 bits per heavy atom. The molecule has 4 aliphatic heterocycles. The molecule has 0 aromatic rings. The molecule has 4 heterocycles. The first-order valence-corrected chi connectivity index (χ1v) is 8.80. The number of nitrogens with zero attached hydrogens (tertiary/aromatic N) is 4. The average Bonchev–Trinajstić information content (AvgIpc) is 3.07. The molecule has 6 heteroatoms. The minimum Gasteiger partial charge on any atom is -0.298 e. The number of hydrogen-bond donors (Lipinski definition) is 0. The summed E-state index contributed by atoms with van der Waals surface area (Å²) >= 11 is 6.04. The highest BCUT2D eigenvalue weighted by atomic mass is 35.5. The number of carbonyl (C=O) groups excluding carboxylic acids is 1. The predicted molar refractivity (Wildman–Crippen MR) is 91.8 cm³/mol. The van der Waals surface area contributed by atoms with Crippen LogP contribution in [0.4, 0.5) is 0 Å². The van der Waals surface area contributed by atoms with E-state index in [4.69, 9.17) is 11.6 Å². The van der Waals surface area contributed by atoms with Gasteiger partial charge in [-0.1, -0.05) is 12.2 Å². The number of fused-ring (bicyclic) bond motifs is 3. The maximum Gasteiger partial charge on any atom is 0.256 e. The molecule has 5 nitrogen and oxygen atoms in total. The Labute approximate surface area is 141 Å². The van der Waals surface area contributed by atoms with Gasteiger partial charge in [0.05, 0.1) is 23.5 Å². The Bertz CT molecular complexity index is 616. The highest BCUT2D eigenvalue weighted by Crippen LogP contribution is 2.26. The topological polar surface area (TPSA) is 48.3 Å². The molecule has 0 aromatic heterocycles. The highest BCUT2D eigenvalue weighted by molar-refractivity contribution is 6.22. The lowest BCUT2D eigenvalue weighted by atomic mass is 9.86. The Balaban J connectivity index is 1.39. The van der Waals surface area contributed by atoms with E-state index in [9.17, 15) is 4.79 Å². The van der Waals surface area contributed by atoms with Crippen LogP contribution in [0.25, 0.3) is 0 Å². The molecule has 1 unspecified atom stereocenters. The van der Waals surface area contributed by atoms with Crippen LogP contribution in [0.15, 0.2) is 34.0 Å². The van der Waals surface area contributed by atoms with Crippen LogP contribution in [0.1, 0.15) is 19.3 Å². The van der Waals surface area contributed by atoms with Crippen molar-refractivity contribution in [3.05, 3.63) is 23.9 Å². The lowest BCUT2D eigenvalue weighted by molar-refractivity contribution is -0.119. The van der Waals surface area contributed by atoms with Crippen molar-refractivity contribution in [3.63, 3.8) is 0 Å². The van der Waals surface area contributed by atoms with Gasteiger partial charge >= 0.3 is 0 Å². The molecule has 5 aliphatic rings. The summed E-state index contributed by atoms with van der Waals surface area (Å²) in [6.07, 6.45) is 10.8. The number of aliphatic imine (C=N–C) groups is 1. The van der Waals surface area contributed by atoms with Crippen LogP contribution in [-0.2, 0) is 4.79 Å². The predicted octanol–water partition coefficient (Wildman–Crippen LogP) is 2.05. The Morgan fingerprint density at radius 1 is 1.35 bits per heavy atom. The van der Waals surface area contributed by atoms with Gasteiger partial charge in [0, 0.05) is 24.4 Å². The zero-order chi connectivity index (χ0) is 15.8. The van der Waals surface area contributed by atoms with Gasteiger partial charge in [0.1, 0.15) is 0 Å². The van der Waals surface area contributed by atoms with Crippen molar-refractivity contribution < 1.29 is 4.79 Å². The van der Waals surface area contributed by atoms with Crippen LogP contribution in [0.3, 0.4) is 0 Å². The third-order valence-electron chi connectivity index (χ3n) is 5.10. The Morgan fingerprint density at radius 3 is 2.83 bits per heavy atom. The molecule has 0 N–H and O–H groups in total. The largest absolute Gasteiger partial charge is 0.298 e. The smallest absolute Gasteiger partial charge is 0.256 e. The van der Waals surface area contributed by atoms with Gasteiger partial charge in [-0.2, -0.15) is 5.10 Å². The van der Waals surface area contributed by atoms with Crippen LogP contribution < -0.4 is 0 Å². The summed E-state index contributed by atoms with van der Waals surface area (Å²) in [5.41, 5.74) is 2.10. The molecule has 0 saturated carbocycles. The molecule has 3 saturated heterocycles. The number of hydrogen-bond acceptors (Lipinski definition) is 4. The Hall–Kier alpha value is -1.46. The van der Waals surface area contributed by atoms with E-state index in [1.807, 2.05) is 17.2 Å². The van der Waals surface area contributed by atoms with Gasteiger partial charge in [0.2, 0.25) is 0 Å². The second-order valence-electron chi connectivity index (χ2n) is 6.68. The number of amides is 1. The van der Waals surface area contributed by atoms with Crippen LogP contribution in [0.2, 0.25) is 0 Å². The van der Waals surface area contributed by atoms with E-state index in [2.05, 4.69) is 21.1 Å². The number of piperidine rings is 3. The SMILES string of the molecule is O=C(N=C1CN2CCC1CC2)C1C=NN(C2=CC[C@H](Cl)C=C2)C1. The van der Waals surface area contributed by atoms with Crippen molar-refractivity contribution >= 4 is 29.4 Å². The van der Waals surface area contributed by atoms with Crippen molar-refractivity contribution in [2.24, 2.45) is 21.9 Å². The molecule has 1 amide bonds. The lowest BCUT2D eigenvalue weighted by Gasteiger charge is -2.39. The van der Waals surface area contributed by atoms with E-state index in [1.165, 1.54) is 0 Å². The van der Waals surface area contributed by atoms with Crippen molar-refractivity contribution in [2.75, 3.05) is 26.2 Å². The molecule has 23 heavy (non-hydrogen) atoms. The first-order valence-electron chi connectivity index (χ1n) is 8.37. The molecular weight excluding hydrogens is 312 g/mol. The molecule has 122 valence electrons. The first-order chi connectivity index (χ1) is 11.2. The van der Waals surface area contributed by atoms with Gasteiger partial charge in [0.15, 0.2) is 0 Å². The first kappa shape index (κ1) is 15.1. The van der Waals surface area contributed by atoms with Crippen molar-refractivity contribution in [3.8, 4) is 0 Å². The summed E-state index contributed by atoms with van der Waals surface area (Å²) in [6, 6.07) is 0. The van der Waals surface area contributed by atoms with Crippen LogP contribution in [0, 0.1) is 11.8 Å². The van der Waals surface area contributed by atoms with E-state index >= 15 is 0 Å². The standard InChI is InChI=1S/C17H21ClN4O/c18-14-1-3-15(4-2-14)22-10-13(9-19-22)17(23)20-16-11-21-7-5-12(16)6-8-21/h1,3-4,9,12-14H,2,5-8,10-11H2/t13?,14-/m1/s1. The van der Waals surface area contributed by atoms with Crippen molar-refractivity contribution in [2.45, 2.75) is 24.6 Å². The van der Waals surface area contributed by atoms with Crippen LogP contribution in [0.5, 0.6) is 0 Å². The Kier molecular flexibility index (Phi) is 4.07. The zero-order valence-electron chi connectivity index (χ0n) is 13.1. The maximum atomic E-state index is 12.5. The van der Waals surface area contributed by atoms with E-state index in [0.717, 1.165) is 50.3 Å². The number of halogens is 1. The lowest BCUT2D eigenvalue weighted by Crippen LogP contribution is -2.48. The summed E-state index contributed by atoms with van der Waals surface area (Å²) in [7, 11) is 0. The number of hydrazone groups is 1. The van der Waals surface area contributed by atoms with Gasteiger partial charge < -0.3 is 0 Å². The van der Waals surface area contributed by atoms with Crippen LogP contribution in [-0.4, -0.2) is 59.3 Å². The maximum absolute atomic E-state index is 12.5. The summed E-state index contributed by atoms with van der Waals surface area (Å²) in [5.74, 6) is 0.236. The van der Waals surface area contributed by atoms with Crippen molar-refractivity contribution in [1.82, 2.24) is 9.91 Å². The molecule has 0 aromatic carbocycles. The zero-order valence-corrected chi connectivity index (χ0v) is 13.8. The summed E-state index contributed by atoms with van der Waals surface area (Å²) in [5, 5.41) is 6.31. The third kappa shape index (κ3) is 3.12. The number of carbonyl (C=O) groups is 1. The average molecular weight is 333 g/mol. The molecule has 2 bridgehead atoms. The van der Waals surface area contributed by atoms with Gasteiger partial charge in [-0.3, -0.25) is 14.7 Å². The molecule has 0 spiro atoms. The minimum atomic E-state index is -0.235. The molecule has 5 rings (SSSR count). The van der Waals surface area contributed by atoms with E-state index < -0.39 is 0 Å². The van der Waals surface area contributed by atoms with Gasteiger partial charge in [0.25, 0.3) is 5.91 Å². The van der Waals surface area contributed by atoms with Crippen LogP contribution >= 0.6 is 11.6 Å². The third-order valence-corrected chi connectivity index (χ3v) is 5.42. The molecule has 1 aliphatic carbocycles. The molecular formula is C17H21ClN4O. The monoisotopic (exact) mass is 332 g/mol. The quantitative estimate of drug-likeness (QED) is 0.727. The van der Waals surface area contributed by atoms with Crippen molar-refractivity contribution in [1.29, 1.82) is 0 Å². The fourth-order valence-corrected chi connectivity index (χ4v) is 3.83. The second-order valence-corrected chi connectivity index (χ2v) is 7.25. The van der Waals surface area contributed by atoms with E-state index in [0.29, 0.717) is 12.5 Å². The number of alkyl halides is 1. The summed E-state index contributed by atoms with van der Waals surface area (Å²) < 4.78 is 0. The van der Waals surface area contributed by atoms with Gasteiger partial charge in [-0.15, -0.1) is 11.6 Å². The fraction of sp³-hybridized carbons (Fsp3) is 0.588. The normalized spacial score (nSPS) is 37.5. The highest BCUT2D eigenvalue weighted by Gasteiger charge is 2.33. The van der Waals surface area contributed by atoms with Gasteiger partial charge in [-0.05, 0) is 38.4 Å². The molecule has 0 radical (unpaired) electrons. The fourth-order valence-electron chi connectivity index (χ4n) is 3.66. The van der Waals surface area contributed by atoms with Gasteiger partial charge in [-0.25, -0.2) is 4.99 Å². The molecule has 3 fully saturated rings. The van der Waals surface area contributed by atoms with E-state index in [-0.39, 0.29) is 17.2 Å². The molecule has 2 atom stereocenters. The minimum absolute atomic E-state index is 0.0457. The number of allylic oxidation sites excluding steroid dienone is 3. The summed E-state index contributed by atoms with van der Waals surface area (Å²) in [6.45, 7) is 3.75. The summed E-state index contributed by atoms with van der Waals surface area (Å²) in [4.78, 5) is 19.3.